The number of hydrogen-bond donors (Lipinski definition) is 5. The van der Waals surface area contributed by atoms with E-state index in [0.29, 0.717) is 26.5 Å². The van der Waals surface area contributed by atoms with Crippen LogP contribution in [0.4, 0.5) is 20.4 Å². The maximum absolute atomic E-state index is 16.0. The third-order valence-corrected chi connectivity index (χ3v) is 17.9. The zero-order valence-corrected chi connectivity index (χ0v) is 44.2. The molecule has 8 atom stereocenters. The first-order chi connectivity index (χ1) is 31.6. The number of aliphatic hydroxyl groups excluding tert-OH is 1. The Morgan fingerprint density at radius 3 is 1.57 bits per heavy atom. The molecular formula is C38H66F2N12O11S4Si. The molecule has 3 saturated heterocycles. The molecule has 0 radical (unpaired) electrons. The summed E-state index contributed by atoms with van der Waals surface area (Å²) in [7, 11) is -11.0. The number of aromatic nitrogens is 8. The third kappa shape index (κ3) is 14.8. The number of thioether (sulfide) groups is 2. The number of nitrogens with two attached hydrogens (primary N) is 4. The minimum Gasteiger partial charge on any atom is -0.408 e. The molecule has 7 heterocycles. The van der Waals surface area contributed by atoms with Crippen molar-refractivity contribution in [3.8, 4) is 0 Å². The van der Waals surface area contributed by atoms with Gasteiger partial charge in [0.25, 0.3) is 0 Å². The molecule has 0 saturated carbocycles. The van der Waals surface area contributed by atoms with E-state index >= 15 is 4.39 Å². The summed E-state index contributed by atoms with van der Waals surface area (Å²) >= 11 is 2.82. The minimum absolute atomic E-state index is 0.156. The van der Waals surface area contributed by atoms with Gasteiger partial charge in [-0.15, -0.1) is 23.5 Å². The Balaban J connectivity index is 0.000000264. The van der Waals surface area contributed by atoms with Crippen LogP contribution < -0.4 is 21.7 Å². The average Bonchev–Trinajstić information content (AvgIpc) is 4.08. The highest BCUT2D eigenvalue weighted by Gasteiger charge is 2.53. The highest BCUT2D eigenvalue weighted by atomic mass is 32.2. The van der Waals surface area contributed by atoms with Crippen LogP contribution in [0.1, 0.15) is 87.6 Å². The van der Waals surface area contributed by atoms with E-state index in [1.165, 1.54) is 58.4 Å². The number of hydrogen-bond acceptors (Lipinski definition) is 21. The Morgan fingerprint density at radius 1 is 0.779 bits per heavy atom. The highest BCUT2D eigenvalue weighted by molar-refractivity contribution is 8.00. The topological polar surface area (TPSA) is 335 Å². The second-order valence-electron chi connectivity index (χ2n) is 17.5. The molecule has 0 bridgehead atoms. The summed E-state index contributed by atoms with van der Waals surface area (Å²) in [4.78, 5) is 16.4. The molecule has 68 heavy (non-hydrogen) atoms. The van der Waals surface area contributed by atoms with Gasteiger partial charge in [-0.25, -0.2) is 48.4 Å². The number of rotatable bonds is 14. The number of fused-ring (bicyclic) bond motifs is 2. The van der Waals surface area contributed by atoms with Gasteiger partial charge in [-0.3, -0.25) is 8.37 Å². The molecule has 23 nitrogen and oxygen atoms in total. The van der Waals surface area contributed by atoms with Gasteiger partial charge in [-0.2, -0.15) is 27.0 Å². The largest absolute Gasteiger partial charge is 0.408 e. The van der Waals surface area contributed by atoms with Crippen molar-refractivity contribution in [3.63, 3.8) is 0 Å². The van der Waals surface area contributed by atoms with Crippen molar-refractivity contribution in [2.75, 3.05) is 37.9 Å². The normalized spacial score (nSPS) is 24.5. The van der Waals surface area contributed by atoms with Crippen molar-refractivity contribution in [2.45, 2.75) is 163 Å². The first-order valence-electron chi connectivity index (χ1n) is 21.8. The smallest absolute Gasteiger partial charge is 0.333 e. The van der Waals surface area contributed by atoms with Crippen LogP contribution in [0.25, 0.3) is 22.1 Å². The van der Waals surface area contributed by atoms with Crippen LogP contribution in [0.5, 0.6) is 0 Å². The maximum atomic E-state index is 16.0. The van der Waals surface area contributed by atoms with Gasteiger partial charge in [0, 0.05) is 23.7 Å². The molecule has 0 aliphatic carbocycles. The van der Waals surface area contributed by atoms with E-state index in [9.17, 15) is 26.3 Å². The van der Waals surface area contributed by atoms with Crippen LogP contribution in [0.15, 0.2) is 22.7 Å². The van der Waals surface area contributed by atoms with E-state index < -0.39 is 91.4 Å². The monoisotopic (exact) mass is 1060 g/mol. The summed E-state index contributed by atoms with van der Waals surface area (Å²) in [5.41, 5.74) is 12.6. The number of halogens is 2. The van der Waals surface area contributed by atoms with Crippen molar-refractivity contribution in [3.05, 3.63) is 12.7 Å². The molecular weight excluding hydrogens is 995 g/mol. The molecule has 0 aromatic carbocycles. The van der Waals surface area contributed by atoms with E-state index in [-0.39, 0.29) is 32.8 Å². The molecule has 3 aliphatic rings. The molecule has 386 valence electrons. The van der Waals surface area contributed by atoms with Gasteiger partial charge in [0.2, 0.25) is 0 Å². The molecule has 3 fully saturated rings. The van der Waals surface area contributed by atoms with E-state index in [1.54, 1.807) is 0 Å². The Labute approximate surface area is 405 Å². The lowest BCUT2D eigenvalue weighted by Gasteiger charge is -2.39. The summed E-state index contributed by atoms with van der Waals surface area (Å²) < 4.78 is 110. The van der Waals surface area contributed by atoms with Crippen molar-refractivity contribution in [2.24, 2.45) is 10.3 Å². The molecule has 7 rings (SSSR count). The van der Waals surface area contributed by atoms with Crippen molar-refractivity contribution in [1.82, 2.24) is 39.5 Å². The first-order valence-corrected chi connectivity index (χ1v) is 29.4. The number of nitrogens with zero attached hydrogens (tertiary/aromatic N) is 8. The van der Waals surface area contributed by atoms with Gasteiger partial charge in [0.05, 0.1) is 24.0 Å². The van der Waals surface area contributed by atoms with Crippen molar-refractivity contribution < 1.29 is 57.7 Å². The average molecular weight is 1060 g/mol. The minimum atomic E-state index is -4.27. The molecule has 0 amide bonds. The lowest BCUT2D eigenvalue weighted by atomic mass is 10.1. The lowest BCUT2D eigenvalue weighted by Crippen LogP contribution is -2.49. The van der Waals surface area contributed by atoms with E-state index in [2.05, 4.69) is 34.3 Å². The molecule has 3 aliphatic heterocycles. The molecule has 30 heteroatoms. The zero-order chi connectivity index (χ0) is 51.1. The number of ether oxygens (including phenoxy) is 3. The van der Waals surface area contributed by atoms with Gasteiger partial charge in [0.1, 0.15) is 58.8 Å². The Hall–Kier alpha value is -2.98. The van der Waals surface area contributed by atoms with Gasteiger partial charge < -0.3 is 35.2 Å². The predicted molar refractivity (Wildman–Crippen MR) is 257 cm³/mol. The number of alkyl halides is 2. The fourth-order valence-corrected chi connectivity index (χ4v) is 10.2. The van der Waals surface area contributed by atoms with E-state index in [1.807, 2.05) is 75.4 Å². The molecule has 0 unspecified atom stereocenters. The SMILES string of the molecule is C1CCOC1.CC.CC(C)Sc1nn([C@@H]2O[C@H](COS(N)(=O)=O)[C@@H](O)[C@@H]2F)c2ncnc(N)c12.CC(C)Sc1nn([C@@H]2O[C@H](COS(N)(=O)=O)[C@@H](O[Si](C)(C)C(C)(C)C)[C@@H]2F)c2ncnc(N)c12. The summed E-state index contributed by atoms with van der Waals surface area (Å²) in [5, 5.41) is 30.8. The summed E-state index contributed by atoms with van der Waals surface area (Å²) in [6, 6.07) is 0. The Bertz CT molecular complexity index is 2490. The lowest BCUT2D eigenvalue weighted by molar-refractivity contribution is -0.0456. The standard InChI is InChI=1S/C19H33FN6O5S2Si.C13H19FN6O5S2.C4H8O.C2H6/c1-10(2)32-17-12-15(21)23-9-24-16(12)26(25-17)18-13(20)14(31-34(6,7)19(3,4)5)11(30-18)8-29-33(22,27)28;1-5(2)26-12-7-10(15)17-4-18-11(7)20(19-12)13-8(14)9(21)6(25-13)3-24-27(16,22)23;1-2-4-5-3-1;1-2/h9-11,13-14,18H,8H2,1-7H3,(H2,21,23,24)(H2,22,27,28);4-6,8-9,13,21H,3H2,1-2H3,(H2,15,17,18)(H2,16,22,23);1-4H2;1-2H3/t11-,13+,14-,18-;6-,8+,9-,13-;;/m11../s1. The first kappa shape index (κ1) is 57.6. The molecule has 9 N–H and O–H groups in total. The van der Waals surface area contributed by atoms with Crippen LogP contribution in [0.2, 0.25) is 18.1 Å². The highest BCUT2D eigenvalue weighted by Crippen LogP contribution is 2.44. The van der Waals surface area contributed by atoms with Crippen molar-refractivity contribution >= 4 is 86.2 Å². The van der Waals surface area contributed by atoms with Gasteiger partial charge in [-0.05, 0) is 31.0 Å². The maximum Gasteiger partial charge on any atom is 0.333 e. The van der Waals surface area contributed by atoms with E-state index in [0.717, 1.165) is 13.2 Å². The van der Waals surface area contributed by atoms with Crippen LogP contribution in [0, 0.1) is 0 Å². The second kappa shape index (κ2) is 24.0. The Kier molecular flexibility index (Phi) is 20.3. The predicted octanol–water partition coefficient (Wildman–Crippen LogP) is 4.30. The third-order valence-electron chi connectivity index (χ3n) is 10.6. The van der Waals surface area contributed by atoms with Crippen LogP contribution in [-0.2, 0) is 47.6 Å². The van der Waals surface area contributed by atoms with Crippen molar-refractivity contribution in [1.29, 1.82) is 0 Å². The van der Waals surface area contributed by atoms with Gasteiger partial charge >= 0.3 is 20.6 Å². The summed E-state index contributed by atoms with van der Waals surface area (Å²) in [5.74, 6) is 0.397. The molecule has 4 aromatic heterocycles. The fourth-order valence-electron chi connectivity index (χ4n) is 6.45. The zero-order valence-electron chi connectivity index (χ0n) is 40.0. The molecule has 4 aromatic rings. The number of aliphatic hydroxyl groups is 1. The van der Waals surface area contributed by atoms with Crippen LogP contribution >= 0.6 is 23.5 Å². The second-order valence-corrected chi connectivity index (χ2v) is 27.8. The van der Waals surface area contributed by atoms with E-state index in [4.69, 9.17) is 44.6 Å². The molecule has 0 spiro atoms. The summed E-state index contributed by atoms with van der Waals surface area (Å²) in [6.45, 7) is 22.7. The van der Waals surface area contributed by atoms with Gasteiger partial charge in [-0.1, -0.05) is 62.3 Å². The number of anilines is 2. The Morgan fingerprint density at radius 2 is 1.19 bits per heavy atom. The fraction of sp³-hybridized carbons (Fsp3) is 0.737. The van der Waals surface area contributed by atoms with Gasteiger partial charge in [0.15, 0.2) is 44.4 Å². The van der Waals surface area contributed by atoms with Crippen LogP contribution in [-0.4, -0.2) is 143 Å². The van der Waals surface area contributed by atoms with Crippen LogP contribution in [0.3, 0.4) is 0 Å². The summed E-state index contributed by atoms with van der Waals surface area (Å²) in [6.07, 6.45) is -6.23. The quantitative estimate of drug-likeness (QED) is 0.0868. The number of nitrogen functional groups attached to an aromatic ring is 2.